The third-order valence-electron chi connectivity index (χ3n) is 3.14. The maximum Gasteiger partial charge on any atom is 0.128 e. The van der Waals surface area contributed by atoms with Gasteiger partial charge in [0.2, 0.25) is 0 Å². The number of ether oxygens (including phenoxy) is 2. The highest BCUT2D eigenvalue weighted by molar-refractivity contribution is 6.30. The van der Waals surface area contributed by atoms with E-state index in [1.165, 1.54) is 0 Å². The lowest BCUT2D eigenvalue weighted by Gasteiger charge is -2.16. The van der Waals surface area contributed by atoms with Crippen molar-refractivity contribution >= 4 is 11.6 Å². The molecule has 2 rings (SSSR count). The van der Waals surface area contributed by atoms with Gasteiger partial charge in [-0.25, -0.2) is 0 Å². The Hall–Kier alpha value is -1.71. The fraction of sp³-hybridized carbons (Fsp3) is 0.250. The average molecular weight is 293 g/mol. The summed E-state index contributed by atoms with van der Waals surface area (Å²) in [6.45, 7) is 0. The maximum atomic E-state index is 10.4. The van der Waals surface area contributed by atoms with Gasteiger partial charge in [0.1, 0.15) is 11.5 Å². The molecular formula is C16H17ClO3. The quantitative estimate of drug-likeness (QED) is 0.914. The Bertz CT molecular complexity index is 566. The van der Waals surface area contributed by atoms with Crippen molar-refractivity contribution < 1.29 is 14.6 Å². The van der Waals surface area contributed by atoms with Crippen LogP contribution in [0.5, 0.6) is 11.5 Å². The molecule has 1 atom stereocenters. The Labute approximate surface area is 123 Å². The molecule has 1 N–H and O–H groups in total. The molecule has 0 amide bonds. The third kappa shape index (κ3) is 3.44. The maximum absolute atomic E-state index is 10.4. The van der Waals surface area contributed by atoms with Crippen LogP contribution >= 0.6 is 11.6 Å². The normalized spacial score (nSPS) is 12.0. The second kappa shape index (κ2) is 6.64. The molecule has 0 aromatic heterocycles. The molecule has 4 heteroatoms. The minimum Gasteiger partial charge on any atom is -0.497 e. The highest BCUT2D eigenvalue weighted by Crippen LogP contribution is 2.31. The van der Waals surface area contributed by atoms with Crippen molar-refractivity contribution in [2.45, 2.75) is 12.5 Å². The van der Waals surface area contributed by atoms with E-state index in [1.807, 2.05) is 36.4 Å². The molecule has 106 valence electrons. The smallest absolute Gasteiger partial charge is 0.128 e. The Balaban J connectivity index is 2.20. The lowest BCUT2D eigenvalue weighted by atomic mass is 10.0. The van der Waals surface area contributed by atoms with Crippen LogP contribution in [0.1, 0.15) is 17.2 Å². The molecule has 1 unspecified atom stereocenters. The van der Waals surface area contributed by atoms with E-state index in [0.717, 1.165) is 11.1 Å². The second-order valence-corrected chi connectivity index (χ2v) is 4.89. The van der Waals surface area contributed by atoms with Crippen LogP contribution in [-0.4, -0.2) is 19.3 Å². The molecule has 0 aliphatic rings. The number of rotatable bonds is 5. The van der Waals surface area contributed by atoms with E-state index < -0.39 is 6.10 Å². The van der Waals surface area contributed by atoms with Gasteiger partial charge in [0.25, 0.3) is 0 Å². The van der Waals surface area contributed by atoms with Crippen LogP contribution in [0.3, 0.4) is 0 Å². The van der Waals surface area contributed by atoms with Gasteiger partial charge in [-0.05, 0) is 29.8 Å². The lowest BCUT2D eigenvalue weighted by Crippen LogP contribution is -2.04. The molecule has 3 nitrogen and oxygen atoms in total. The monoisotopic (exact) mass is 292 g/mol. The van der Waals surface area contributed by atoms with Crippen molar-refractivity contribution in [2.24, 2.45) is 0 Å². The first-order valence-corrected chi connectivity index (χ1v) is 6.66. The van der Waals surface area contributed by atoms with Gasteiger partial charge in [-0.3, -0.25) is 0 Å². The highest BCUT2D eigenvalue weighted by Gasteiger charge is 2.14. The summed E-state index contributed by atoms with van der Waals surface area (Å²) in [6.07, 6.45) is -0.142. The van der Waals surface area contributed by atoms with Gasteiger partial charge in [0, 0.05) is 23.1 Å². The summed E-state index contributed by atoms with van der Waals surface area (Å²) in [5.41, 5.74) is 1.75. The summed E-state index contributed by atoms with van der Waals surface area (Å²) in [5, 5.41) is 11.1. The number of aliphatic hydroxyl groups is 1. The Kier molecular flexibility index (Phi) is 4.88. The molecule has 0 bridgehead atoms. The second-order valence-electron chi connectivity index (χ2n) is 4.45. The van der Waals surface area contributed by atoms with E-state index >= 15 is 0 Å². The fourth-order valence-electron chi connectivity index (χ4n) is 2.05. The SMILES string of the molecule is COc1ccc(C(O)Cc2ccc(Cl)cc2)c(OC)c1. The Morgan fingerprint density at radius 2 is 1.75 bits per heavy atom. The van der Waals surface area contributed by atoms with E-state index in [1.54, 1.807) is 20.3 Å². The van der Waals surface area contributed by atoms with Crippen LogP contribution in [0, 0.1) is 0 Å². The number of hydrogen-bond donors (Lipinski definition) is 1. The molecule has 0 aliphatic carbocycles. The average Bonchev–Trinajstić information content (AvgIpc) is 2.48. The van der Waals surface area contributed by atoms with Crippen molar-refractivity contribution in [1.82, 2.24) is 0 Å². The summed E-state index contributed by atoms with van der Waals surface area (Å²) in [5.74, 6) is 1.31. The Morgan fingerprint density at radius 3 is 2.35 bits per heavy atom. The Morgan fingerprint density at radius 1 is 1.05 bits per heavy atom. The van der Waals surface area contributed by atoms with Crippen molar-refractivity contribution in [2.75, 3.05) is 14.2 Å². The number of halogens is 1. The molecule has 0 heterocycles. The lowest BCUT2D eigenvalue weighted by molar-refractivity contribution is 0.174. The molecule has 0 fully saturated rings. The predicted octanol–water partition coefficient (Wildman–Crippen LogP) is 3.63. The summed E-state index contributed by atoms with van der Waals surface area (Å²) in [4.78, 5) is 0. The first-order chi connectivity index (χ1) is 9.63. The van der Waals surface area contributed by atoms with E-state index in [4.69, 9.17) is 21.1 Å². The summed E-state index contributed by atoms with van der Waals surface area (Å²) in [7, 11) is 3.17. The molecule has 0 spiro atoms. The van der Waals surface area contributed by atoms with Gasteiger partial charge in [0.05, 0.1) is 20.3 Å². The topological polar surface area (TPSA) is 38.7 Å². The molecule has 20 heavy (non-hydrogen) atoms. The minimum absolute atomic E-state index is 0.500. The summed E-state index contributed by atoms with van der Waals surface area (Å²) in [6, 6.07) is 12.8. The van der Waals surface area contributed by atoms with Gasteiger partial charge in [-0.2, -0.15) is 0 Å². The van der Waals surface area contributed by atoms with Crippen LogP contribution in [0.15, 0.2) is 42.5 Å². The van der Waals surface area contributed by atoms with Gasteiger partial charge < -0.3 is 14.6 Å². The van der Waals surface area contributed by atoms with Crippen molar-refractivity contribution in [3.05, 3.63) is 58.6 Å². The van der Waals surface area contributed by atoms with E-state index in [9.17, 15) is 5.11 Å². The van der Waals surface area contributed by atoms with Gasteiger partial charge in [-0.1, -0.05) is 23.7 Å². The molecular weight excluding hydrogens is 276 g/mol. The summed E-state index contributed by atoms with van der Waals surface area (Å²) >= 11 is 5.85. The zero-order valence-electron chi connectivity index (χ0n) is 11.5. The number of hydrogen-bond acceptors (Lipinski definition) is 3. The molecule has 0 aliphatic heterocycles. The third-order valence-corrected chi connectivity index (χ3v) is 3.39. The van der Waals surface area contributed by atoms with Crippen LogP contribution in [0.2, 0.25) is 5.02 Å². The van der Waals surface area contributed by atoms with Gasteiger partial charge >= 0.3 is 0 Å². The number of methoxy groups -OCH3 is 2. The summed E-state index contributed by atoms with van der Waals surface area (Å²) < 4.78 is 10.5. The molecule has 0 saturated heterocycles. The van der Waals surface area contributed by atoms with Crippen LogP contribution in [0.25, 0.3) is 0 Å². The zero-order valence-corrected chi connectivity index (χ0v) is 12.2. The van der Waals surface area contributed by atoms with E-state index in [-0.39, 0.29) is 0 Å². The van der Waals surface area contributed by atoms with Crippen LogP contribution < -0.4 is 9.47 Å². The number of aliphatic hydroxyl groups excluding tert-OH is 1. The standard InChI is InChI=1S/C16H17ClO3/c1-19-13-7-8-14(16(10-13)20-2)15(18)9-11-3-5-12(17)6-4-11/h3-8,10,15,18H,9H2,1-2H3. The van der Waals surface area contributed by atoms with Crippen LogP contribution in [0.4, 0.5) is 0 Å². The van der Waals surface area contributed by atoms with Crippen molar-refractivity contribution in [1.29, 1.82) is 0 Å². The first kappa shape index (κ1) is 14.7. The molecule has 0 radical (unpaired) electrons. The molecule has 0 saturated carbocycles. The van der Waals surface area contributed by atoms with Crippen molar-refractivity contribution in [3.8, 4) is 11.5 Å². The van der Waals surface area contributed by atoms with Crippen LogP contribution in [-0.2, 0) is 6.42 Å². The first-order valence-electron chi connectivity index (χ1n) is 6.28. The van der Waals surface area contributed by atoms with Gasteiger partial charge in [0.15, 0.2) is 0 Å². The van der Waals surface area contributed by atoms with E-state index in [2.05, 4.69) is 0 Å². The minimum atomic E-state index is -0.642. The molecule has 2 aromatic rings. The van der Waals surface area contributed by atoms with Gasteiger partial charge in [-0.15, -0.1) is 0 Å². The number of benzene rings is 2. The predicted molar refractivity (Wildman–Crippen MR) is 79.7 cm³/mol. The fourth-order valence-corrected chi connectivity index (χ4v) is 2.17. The van der Waals surface area contributed by atoms with Crippen molar-refractivity contribution in [3.63, 3.8) is 0 Å². The van der Waals surface area contributed by atoms with E-state index in [0.29, 0.717) is 22.9 Å². The molecule has 2 aromatic carbocycles. The highest BCUT2D eigenvalue weighted by atomic mass is 35.5. The zero-order chi connectivity index (χ0) is 14.5. The largest absolute Gasteiger partial charge is 0.497 e.